The lowest BCUT2D eigenvalue weighted by atomic mass is 9.94. The highest BCUT2D eigenvalue weighted by Gasteiger charge is 2.30. The summed E-state index contributed by atoms with van der Waals surface area (Å²) in [5, 5.41) is 4.45. The van der Waals surface area contributed by atoms with Crippen molar-refractivity contribution in [1.29, 1.82) is 0 Å². The molecule has 1 aliphatic heterocycles. The van der Waals surface area contributed by atoms with E-state index in [0.29, 0.717) is 0 Å². The maximum absolute atomic E-state index is 3.50. The van der Waals surface area contributed by atoms with Gasteiger partial charge in [-0.2, -0.15) is 11.8 Å². The molecule has 1 N–H and O–H groups in total. The molecule has 1 heterocycles. The molecule has 0 bridgehead atoms. The topological polar surface area (TPSA) is 15.3 Å². The van der Waals surface area contributed by atoms with E-state index in [4.69, 9.17) is 0 Å². The summed E-state index contributed by atoms with van der Waals surface area (Å²) in [6.45, 7) is 7.26. The largest absolute Gasteiger partial charge is 0.317 e. The molecule has 1 unspecified atom stereocenters. The van der Waals surface area contributed by atoms with Gasteiger partial charge in [-0.25, -0.2) is 0 Å². The molecule has 100 valence electrons. The summed E-state index contributed by atoms with van der Waals surface area (Å²) in [4.78, 5) is 2.78. The number of rotatable bonds is 5. The van der Waals surface area contributed by atoms with Crippen molar-refractivity contribution >= 4 is 11.8 Å². The fourth-order valence-corrected chi connectivity index (χ4v) is 4.10. The van der Waals surface area contributed by atoms with E-state index in [2.05, 4.69) is 35.2 Å². The molecule has 1 saturated heterocycles. The van der Waals surface area contributed by atoms with Crippen molar-refractivity contribution in [2.24, 2.45) is 5.92 Å². The summed E-state index contributed by atoms with van der Waals surface area (Å²) in [5.41, 5.74) is 0. The van der Waals surface area contributed by atoms with Crippen molar-refractivity contribution < 1.29 is 0 Å². The number of nitrogens with one attached hydrogen (secondary N) is 1. The van der Waals surface area contributed by atoms with Crippen molar-refractivity contribution in [2.45, 2.75) is 50.3 Å². The smallest absolute Gasteiger partial charge is 0.00961 e. The van der Waals surface area contributed by atoms with Crippen LogP contribution in [0.25, 0.3) is 0 Å². The first-order valence-corrected chi connectivity index (χ1v) is 8.59. The number of hydrogen-bond donors (Lipinski definition) is 1. The first kappa shape index (κ1) is 13.7. The standard InChI is InChI=1S/C14H28N2S/c1-3-15-10-12-8-9-16(11-12)13-4-6-14(17-2)7-5-13/h12-15H,3-11H2,1-2H3. The van der Waals surface area contributed by atoms with Gasteiger partial charge in [0.1, 0.15) is 0 Å². The molecule has 0 aromatic rings. The minimum atomic E-state index is 0.907. The maximum atomic E-state index is 3.50. The molecule has 0 radical (unpaired) electrons. The van der Waals surface area contributed by atoms with Crippen LogP contribution in [0.15, 0.2) is 0 Å². The molecule has 0 aromatic heterocycles. The minimum Gasteiger partial charge on any atom is -0.317 e. The Morgan fingerprint density at radius 2 is 1.94 bits per heavy atom. The van der Waals surface area contributed by atoms with Gasteiger partial charge < -0.3 is 10.2 Å². The van der Waals surface area contributed by atoms with Gasteiger partial charge >= 0.3 is 0 Å². The number of hydrogen-bond acceptors (Lipinski definition) is 3. The monoisotopic (exact) mass is 256 g/mol. The van der Waals surface area contributed by atoms with Gasteiger partial charge in [0.25, 0.3) is 0 Å². The summed E-state index contributed by atoms with van der Waals surface area (Å²) in [5.74, 6) is 0.910. The van der Waals surface area contributed by atoms with Crippen molar-refractivity contribution in [1.82, 2.24) is 10.2 Å². The average molecular weight is 256 g/mol. The lowest BCUT2D eigenvalue weighted by Crippen LogP contribution is -2.37. The van der Waals surface area contributed by atoms with Gasteiger partial charge in [0.05, 0.1) is 0 Å². The SMILES string of the molecule is CCNCC1CCN(C2CCC(SC)CC2)C1. The molecule has 2 fully saturated rings. The second-order valence-electron chi connectivity index (χ2n) is 5.62. The van der Waals surface area contributed by atoms with Crippen LogP contribution in [0.4, 0.5) is 0 Å². The van der Waals surface area contributed by atoms with Gasteiger partial charge in [-0.05, 0) is 63.9 Å². The summed E-state index contributed by atoms with van der Waals surface area (Å²) in [6, 6.07) is 0.907. The van der Waals surface area contributed by atoms with E-state index in [0.717, 1.165) is 23.8 Å². The van der Waals surface area contributed by atoms with Crippen LogP contribution in [-0.4, -0.2) is 48.6 Å². The maximum Gasteiger partial charge on any atom is 0.00961 e. The van der Waals surface area contributed by atoms with Crippen LogP contribution < -0.4 is 5.32 Å². The molecular formula is C14H28N2S. The highest BCUT2D eigenvalue weighted by Crippen LogP contribution is 2.31. The molecular weight excluding hydrogens is 228 g/mol. The normalized spacial score (nSPS) is 35.3. The average Bonchev–Trinajstić information content (AvgIpc) is 2.85. The molecule has 2 rings (SSSR count). The summed E-state index contributed by atoms with van der Waals surface area (Å²) < 4.78 is 0. The first-order valence-electron chi connectivity index (χ1n) is 7.31. The second-order valence-corrected chi connectivity index (χ2v) is 6.76. The Kier molecular flexibility index (Phi) is 5.64. The Morgan fingerprint density at radius 1 is 1.18 bits per heavy atom. The second kappa shape index (κ2) is 7.01. The van der Waals surface area contributed by atoms with Gasteiger partial charge in [0.2, 0.25) is 0 Å². The van der Waals surface area contributed by atoms with E-state index in [1.54, 1.807) is 0 Å². The third-order valence-corrected chi connectivity index (χ3v) is 5.63. The molecule has 1 atom stereocenters. The molecule has 0 aromatic carbocycles. The lowest BCUT2D eigenvalue weighted by molar-refractivity contribution is 0.187. The Morgan fingerprint density at radius 3 is 2.59 bits per heavy atom. The molecule has 0 spiro atoms. The van der Waals surface area contributed by atoms with Crippen LogP contribution in [0, 0.1) is 5.92 Å². The van der Waals surface area contributed by atoms with E-state index in [1.165, 1.54) is 51.7 Å². The quantitative estimate of drug-likeness (QED) is 0.814. The fraction of sp³-hybridized carbons (Fsp3) is 1.00. The van der Waals surface area contributed by atoms with Gasteiger partial charge in [0, 0.05) is 17.8 Å². The van der Waals surface area contributed by atoms with Gasteiger partial charge in [-0.15, -0.1) is 0 Å². The summed E-state index contributed by atoms with van der Waals surface area (Å²) in [6.07, 6.45) is 9.46. The molecule has 1 aliphatic carbocycles. The molecule has 17 heavy (non-hydrogen) atoms. The Bertz CT molecular complexity index is 214. The van der Waals surface area contributed by atoms with Gasteiger partial charge in [0.15, 0.2) is 0 Å². The third kappa shape index (κ3) is 3.87. The molecule has 2 aliphatic rings. The van der Waals surface area contributed by atoms with Crippen LogP contribution in [0.3, 0.4) is 0 Å². The molecule has 1 saturated carbocycles. The lowest BCUT2D eigenvalue weighted by Gasteiger charge is -2.34. The van der Waals surface area contributed by atoms with E-state index in [1.807, 2.05) is 0 Å². The first-order chi connectivity index (χ1) is 8.33. The van der Waals surface area contributed by atoms with Crippen molar-refractivity contribution in [3.63, 3.8) is 0 Å². The van der Waals surface area contributed by atoms with Crippen LogP contribution in [-0.2, 0) is 0 Å². The third-order valence-electron chi connectivity index (χ3n) is 4.49. The summed E-state index contributed by atoms with van der Waals surface area (Å²) in [7, 11) is 0. The molecule has 0 amide bonds. The number of thioether (sulfide) groups is 1. The van der Waals surface area contributed by atoms with Crippen molar-refractivity contribution in [2.75, 3.05) is 32.4 Å². The van der Waals surface area contributed by atoms with E-state index in [9.17, 15) is 0 Å². The van der Waals surface area contributed by atoms with Crippen LogP contribution in [0.2, 0.25) is 0 Å². The minimum absolute atomic E-state index is 0.907. The van der Waals surface area contributed by atoms with Crippen LogP contribution in [0.1, 0.15) is 39.0 Å². The molecule has 2 nitrogen and oxygen atoms in total. The highest BCUT2D eigenvalue weighted by molar-refractivity contribution is 7.99. The number of nitrogens with zero attached hydrogens (tertiary/aromatic N) is 1. The Labute approximate surface area is 111 Å². The predicted molar refractivity (Wildman–Crippen MR) is 77.8 cm³/mol. The number of likely N-dealkylation sites (tertiary alicyclic amines) is 1. The Balaban J connectivity index is 1.70. The van der Waals surface area contributed by atoms with Gasteiger partial charge in [-0.3, -0.25) is 0 Å². The van der Waals surface area contributed by atoms with E-state index < -0.39 is 0 Å². The van der Waals surface area contributed by atoms with Crippen molar-refractivity contribution in [3.05, 3.63) is 0 Å². The van der Waals surface area contributed by atoms with Crippen molar-refractivity contribution in [3.8, 4) is 0 Å². The zero-order chi connectivity index (χ0) is 12.1. The highest BCUT2D eigenvalue weighted by atomic mass is 32.2. The molecule has 3 heteroatoms. The zero-order valence-corrected chi connectivity index (χ0v) is 12.3. The van der Waals surface area contributed by atoms with Crippen LogP contribution >= 0.6 is 11.8 Å². The Hall–Kier alpha value is 0.270. The van der Waals surface area contributed by atoms with E-state index in [-0.39, 0.29) is 0 Å². The fourth-order valence-electron chi connectivity index (χ4n) is 3.36. The predicted octanol–water partition coefficient (Wildman–Crippen LogP) is 2.59. The summed E-state index contributed by atoms with van der Waals surface area (Å²) >= 11 is 2.07. The van der Waals surface area contributed by atoms with E-state index >= 15 is 0 Å². The van der Waals surface area contributed by atoms with Crippen LogP contribution in [0.5, 0.6) is 0 Å². The van der Waals surface area contributed by atoms with Gasteiger partial charge in [-0.1, -0.05) is 6.92 Å². The zero-order valence-electron chi connectivity index (χ0n) is 11.5.